The molecule has 3 aliphatic heterocycles. The van der Waals surface area contributed by atoms with E-state index in [1.807, 2.05) is 6.92 Å². The molecule has 98 valence electrons. The van der Waals surface area contributed by atoms with E-state index in [0.717, 1.165) is 58.6 Å². The van der Waals surface area contributed by atoms with Crippen LogP contribution in [-0.2, 0) is 9.47 Å². The van der Waals surface area contributed by atoms with Crippen LogP contribution in [0.15, 0.2) is 0 Å². The summed E-state index contributed by atoms with van der Waals surface area (Å²) in [5.74, 6) is 0. The summed E-state index contributed by atoms with van der Waals surface area (Å²) in [5, 5.41) is 10.1. The molecule has 0 aliphatic carbocycles. The van der Waals surface area contributed by atoms with E-state index in [9.17, 15) is 5.11 Å². The van der Waals surface area contributed by atoms with Gasteiger partial charge in [0, 0.05) is 38.8 Å². The van der Waals surface area contributed by atoms with Crippen LogP contribution in [0.2, 0.25) is 0 Å². The smallest absolute Gasteiger partial charge is 0.0951 e. The lowest BCUT2D eigenvalue weighted by Crippen LogP contribution is -2.49. The predicted octanol–water partition coefficient (Wildman–Crippen LogP) is 0.781. The summed E-state index contributed by atoms with van der Waals surface area (Å²) in [4.78, 5) is 2.45. The Morgan fingerprint density at radius 1 is 1.29 bits per heavy atom. The number of likely N-dealkylation sites (tertiary alicyclic amines) is 1. The third kappa shape index (κ3) is 2.36. The SMILES string of the molecule is CC1(O)CCN(C2CCOC3(CCOC3)C2)C1. The molecule has 1 N–H and O–H groups in total. The third-order valence-electron chi connectivity index (χ3n) is 4.53. The standard InChI is InChI=1S/C13H23NO3/c1-12(15)3-5-14(9-12)11-2-6-17-13(8-11)4-7-16-10-13/h11,15H,2-10H2,1H3. The fourth-order valence-corrected chi connectivity index (χ4v) is 3.47. The van der Waals surface area contributed by atoms with Crippen molar-refractivity contribution >= 4 is 0 Å². The minimum Gasteiger partial charge on any atom is -0.389 e. The highest BCUT2D eigenvalue weighted by atomic mass is 16.6. The third-order valence-corrected chi connectivity index (χ3v) is 4.53. The van der Waals surface area contributed by atoms with Crippen molar-refractivity contribution < 1.29 is 14.6 Å². The van der Waals surface area contributed by atoms with E-state index in [1.54, 1.807) is 0 Å². The van der Waals surface area contributed by atoms with Gasteiger partial charge < -0.3 is 14.6 Å². The zero-order chi connectivity index (χ0) is 11.9. The van der Waals surface area contributed by atoms with E-state index >= 15 is 0 Å². The van der Waals surface area contributed by atoms with E-state index in [0.29, 0.717) is 6.04 Å². The van der Waals surface area contributed by atoms with Crippen LogP contribution < -0.4 is 0 Å². The molecule has 3 unspecified atom stereocenters. The summed E-state index contributed by atoms with van der Waals surface area (Å²) < 4.78 is 11.5. The first-order valence-electron chi connectivity index (χ1n) is 6.77. The van der Waals surface area contributed by atoms with E-state index in [-0.39, 0.29) is 5.60 Å². The normalized spacial score (nSPS) is 48.0. The van der Waals surface area contributed by atoms with Gasteiger partial charge in [0.2, 0.25) is 0 Å². The van der Waals surface area contributed by atoms with Gasteiger partial charge in [-0.3, -0.25) is 4.90 Å². The van der Waals surface area contributed by atoms with Crippen LogP contribution in [0.25, 0.3) is 0 Å². The molecule has 0 aromatic heterocycles. The first-order valence-corrected chi connectivity index (χ1v) is 6.77. The lowest BCUT2D eigenvalue weighted by Gasteiger charge is -2.41. The Morgan fingerprint density at radius 2 is 2.18 bits per heavy atom. The fraction of sp³-hybridized carbons (Fsp3) is 1.00. The van der Waals surface area contributed by atoms with Crippen LogP contribution in [0.5, 0.6) is 0 Å². The van der Waals surface area contributed by atoms with Gasteiger partial charge in [0.05, 0.1) is 17.8 Å². The molecule has 3 aliphatic rings. The molecule has 4 heteroatoms. The molecule has 3 fully saturated rings. The summed E-state index contributed by atoms with van der Waals surface area (Å²) in [6.45, 7) is 6.22. The number of hydrogen-bond donors (Lipinski definition) is 1. The van der Waals surface area contributed by atoms with Crippen molar-refractivity contribution in [2.75, 3.05) is 32.9 Å². The molecule has 0 saturated carbocycles. The molecule has 0 amide bonds. The van der Waals surface area contributed by atoms with Gasteiger partial charge in [-0.15, -0.1) is 0 Å². The first-order chi connectivity index (χ1) is 8.09. The second-order valence-corrected chi connectivity index (χ2v) is 6.20. The quantitative estimate of drug-likeness (QED) is 0.736. The van der Waals surface area contributed by atoms with Crippen molar-refractivity contribution in [3.8, 4) is 0 Å². The Morgan fingerprint density at radius 3 is 2.82 bits per heavy atom. The van der Waals surface area contributed by atoms with Crippen molar-refractivity contribution in [3.63, 3.8) is 0 Å². The fourth-order valence-electron chi connectivity index (χ4n) is 3.47. The number of rotatable bonds is 1. The molecular formula is C13H23NO3. The van der Waals surface area contributed by atoms with Gasteiger partial charge in [0.15, 0.2) is 0 Å². The largest absolute Gasteiger partial charge is 0.389 e. The van der Waals surface area contributed by atoms with Crippen LogP contribution in [0.3, 0.4) is 0 Å². The molecule has 0 aromatic rings. The number of hydrogen-bond acceptors (Lipinski definition) is 4. The molecule has 3 saturated heterocycles. The average Bonchev–Trinajstić information content (AvgIpc) is 2.86. The van der Waals surface area contributed by atoms with Crippen molar-refractivity contribution in [1.29, 1.82) is 0 Å². The summed E-state index contributed by atoms with van der Waals surface area (Å²) in [6, 6.07) is 0.569. The van der Waals surface area contributed by atoms with Crippen molar-refractivity contribution in [2.24, 2.45) is 0 Å². The highest BCUT2D eigenvalue weighted by Gasteiger charge is 2.44. The minimum atomic E-state index is -0.488. The number of nitrogens with zero attached hydrogens (tertiary/aromatic N) is 1. The van der Waals surface area contributed by atoms with Gasteiger partial charge in [0.1, 0.15) is 0 Å². The topological polar surface area (TPSA) is 41.9 Å². The predicted molar refractivity (Wildman–Crippen MR) is 64.0 cm³/mol. The number of aliphatic hydroxyl groups is 1. The summed E-state index contributed by atoms with van der Waals surface area (Å²) >= 11 is 0. The van der Waals surface area contributed by atoms with Gasteiger partial charge in [-0.2, -0.15) is 0 Å². The lowest BCUT2D eigenvalue weighted by atomic mass is 9.89. The molecule has 4 nitrogen and oxygen atoms in total. The van der Waals surface area contributed by atoms with Crippen LogP contribution in [-0.4, -0.2) is 60.2 Å². The second kappa shape index (κ2) is 4.19. The van der Waals surface area contributed by atoms with Crippen LogP contribution >= 0.6 is 0 Å². The molecule has 0 bridgehead atoms. The van der Waals surface area contributed by atoms with E-state index in [2.05, 4.69) is 4.90 Å². The zero-order valence-corrected chi connectivity index (χ0v) is 10.7. The van der Waals surface area contributed by atoms with Gasteiger partial charge in [0.25, 0.3) is 0 Å². The molecule has 1 spiro atoms. The first kappa shape index (κ1) is 11.9. The Labute approximate surface area is 103 Å². The van der Waals surface area contributed by atoms with Crippen molar-refractivity contribution in [3.05, 3.63) is 0 Å². The highest BCUT2D eigenvalue weighted by Crippen LogP contribution is 2.36. The zero-order valence-electron chi connectivity index (χ0n) is 10.7. The Balaban J connectivity index is 1.64. The van der Waals surface area contributed by atoms with E-state index in [4.69, 9.17) is 9.47 Å². The molecule has 0 aromatic carbocycles. The Bertz CT molecular complexity index is 286. The molecular weight excluding hydrogens is 218 g/mol. The molecule has 3 heterocycles. The summed E-state index contributed by atoms with van der Waals surface area (Å²) in [6.07, 6.45) is 4.10. The van der Waals surface area contributed by atoms with Gasteiger partial charge in [-0.1, -0.05) is 0 Å². The van der Waals surface area contributed by atoms with Gasteiger partial charge in [-0.05, 0) is 26.2 Å². The summed E-state index contributed by atoms with van der Waals surface area (Å²) in [5.41, 5.74) is -0.505. The maximum absolute atomic E-state index is 10.1. The Hall–Kier alpha value is -0.160. The van der Waals surface area contributed by atoms with Crippen molar-refractivity contribution in [1.82, 2.24) is 4.90 Å². The van der Waals surface area contributed by atoms with E-state index in [1.165, 1.54) is 0 Å². The van der Waals surface area contributed by atoms with Gasteiger partial charge in [-0.25, -0.2) is 0 Å². The average molecular weight is 241 g/mol. The minimum absolute atomic E-state index is 0.0165. The van der Waals surface area contributed by atoms with Crippen LogP contribution in [0, 0.1) is 0 Å². The lowest BCUT2D eigenvalue weighted by molar-refractivity contribution is -0.106. The van der Waals surface area contributed by atoms with Crippen molar-refractivity contribution in [2.45, 2.75) is 49.9 Å². The van der Waals surface area contributed by atoms with Crippen LogP contribution in [0.1, 0.15) is 32.6 Å². The molecule has 3 atom stereocenters. The van der Waals surface area contributed by atoms with Gasteiger partial charge >= 0.3 is 0 Å². The molecule has 0 radical (unpaired) electrons. The highest BCUT2D eigenvalue weighted by molar-refractivity contribution is 4.97. The number of β-amino-alcohol motifs (C(OH)–C–C–N with tert-alkyl or cyclic N) is 1. The Kier molecular flexibility index (Phi) is 2.94. The van der Waals surface area contributed by atoms with E-state index < -0.39 is 5.60 Å². The molecule has 3 rings (SSSR count). The maximum Gasteiger partial charge on any atom is 0.0951 e. The van der Waals surface area contributed by atoms with Crippen LogP contribution in [0.4, 0.5) is 0 Å². The molecule has 17 heavy (non-hydrogen) atoms. The monoisotopic (exact) mass is 241 g/mol. The number of ether oxygens (including phenoxy) is 2. The second-order valence-electron chi connectivity index (χ2n) is 6.20. The maximum atomic E-state index is 10.1. The summed E-state index contributed by atoms with van der Waals surface area (Å²) in [7, 11) is 0.